The number of carbonyl (C=O) groups excluding carboxylic acids is 1. The Kier molecular flexibility index (Phi) is 5.93. The van der Waals surface area contributed by atoms with E-state index in [2.05, 4.69) is 9.80 Å². The van der Waals surface area contributed by atoms with Crippen LogP contribution in [0.3, 0.4) is 0 Å². The predicted molar refractivity (Wildman–Crippen MR) is 121 cm³/mol. The lowest BCUT2D eigenvalue weighted by molar-refractivity contribution is -0.388. The highest BCUT2D eigenvalue weighted by Crippen LogP contribution is 2.48. The number of fused-ring (bicyclic) bond motifs is 3. The number of nitrogens with zero attached hydrogens (tertiary/aromatic N) is 4. The molecule has 33 heavy (non-hydrogen) atoms. The SMILES string of the molecule is O=C1N(CCCCN2CC[C@@H]3[C@@H](C2)c2cc(F)ccc2N3c2ccc(F)cc2)CC=C[N+]1=O. The summed E-state index contributed by atoms with van der Waals surface area (Å²) in [6, 6.07) is 11.2. The molecule has 0 spiro atoms. The minimum atomic E-state index is -0.496. The fourth-order valence-corrected chi connectivity index (χ4v) is 5.35. The molecule has 2 aromatic rings. The summed E-state index contributed by atoms with van der Waals surface area (Å²) >= 11 is 0. The number of amides is 2. The Balaban J connectivity index is 1.24. The summed E-state index contributed by atoms with van der Waals surface area (Å²) in [4.78, 5) is 29.5. The molecule has 3 aliphatic heterocycles. The van der Waals surface area contributed by atoms with Gasteiger partial charge in [0, 0.05) is 47.3 Å². The second-order valence-electron chi connectivity index (χ2n) is 8.96. The summed E-state index contributed by atoms with van der Waals surface area (Å²) in [5, 5.41) is 0. The van der Waals surface area contributed by atoms with E-state index in [-0.39, 0.29) is 23.6 Å². The normalized spacial score (nSPS) is 22.6. The molecule has 172 valence electrons. The molecule has 8 heteroatoms. The molecule has 0 aliphatic carbocycles. The van der Waals surface area contributed by atoms with Gasteiger partial charge in [0.25, 0.3) is 0 Å². The lowest BCUT2D eigenvalue weighted by atomic mass is 9.89. The van der Waals surface area contributed by atoms with Crippen molar-refractivity contribution in [2.45, 2.75) is 31.2 Å². The molecule has 1 saturated heterocycles. The number of hydrogen-bond acceptors (Lipinski definition) is 4. The topological polar surface area (TPSA) is 46.9 Å². The van der Waals surface area contributed by atoms with Crippen LogP contribution in [0, 0.1) is 16.5 Å². The van der Waals surface area contributed by atoms with E-state index in [1.807, 2.05) is 6.07 Å². The van der Waals surface area contributed by atoms with Gasteiger partial charge in [-0.3, -0.25) is 0 Å². The third-order valence-electron chi connectivity index (χ3n) is 6.92. The molecule has 0 saturated carbocycles. The van der Waals surface area contributed by atoms with Crippen LogP contribution in [0.1, 0.15) is 30.7 Å². The molecule has 3 aliphatic rings. The van der Waals surface area contributed by atoms with Gasteiger partial charge in [-0.05, 0) is 73.8 Å². The van der Waals surface area contributed by atoms with Crippen LogP contribution in [0.25, 0.3) is 0 Å². The van der Waals surface area contributed by atoms with Gasteiger partial charge in [-0.25, -0.2) is 13.7 Å². The first-order valence-corrected chi connectivity index (χ1v) is 11.5. The quantitative estimate of drug-likeness (QED) is 0.466. The van der Waals surface area contributed by atoms with E-state index < -0.39 is 6.03 Å². The van der Waals surface area contributed by atoms with E-state index in [0.717, 1.165) is 55.8 Å². The number of unbranched alkanes of at least 4 members (excludes halogenated alkanes) is 1. The number of likely N-dealkylation sites (tertiary alicyclic amines) is 1. The van der Waals surface area contributed by atoms with Gasteiger partial charge >= 0.3 is 6.03 Å². The van der Waals surface area contributed by atoms with E-state index in [1.165, 1.54) is 24.4 Å². The average Bonchev–Trinajstić information content (AvgIpc) is 3.13. The number of anilines is 2. The molecule has 0 N–H and O–H groups in total. The number of halogens is 2. The van der Waals surface area contributed by atoms with Gasteiger partial charge in [0.05, 0.1) is 6.54 Å². The van der Waals surface area contributed by atoms with E-state index in [0.29, 0.717) is 17.8 Å². The monoisotopic (exact) mass is 453 g/mol. The summed E-state index contributed by atoms with van der Waals surface area (Å²) in [5.41, 5.74) is 2.94. The lowest BCUT2D eigenvalue weighted by Gasteiger charge is -2.39. The van der Waals surface area contributed by atoms with E-state index in [9.17, 15) is 18.5 Å². The van der Waals surface area contributed by atoms with E-state index in [1.54, 1.807) is 29.2 Å². The summed E-state index contributed by atoms with van der Waals surface area (Å²) in [7, 11) is 0. The van der Waals surface area contributed by atoms with Crippen molar-refractivity contribution >= 4 is 17.4 Å². The van der Waals surface area contributed by atoms with Crippen molar-refractivity contribution in [3.05, 3.63) is 76.8 Å². The summed E-state index contributed by atoms with van der Waals surface area (Å²) in [5.74, 6) is -0.329. The fourth-order valence-electron chi connectivity index (χ4n) is 5.35. The number of carbonyl (C=O) groups is 1. The minimum Gasteiger partial charge on any atom is -0.337 e. The third kappa shape index (κ3) is 4.27. The average molecular weight is 454 g/mol. The van der Waals surface area contributed by atoms with Gasteiger partial charge in [-0.2, -0.15) is 4.79 Å². The minimum absolute atomic E-state index is 0.178. The maximum absolute atomic E-state index is 14.1. The molecule has 1 fully saturated rings. The smallest absolute Gasteiger partial charge is 0.337 e. The summed E-state index contributed by atoms with van der Waals surface area (Å²) in [6.45, 7) is 3.69. The van der Waals surface area contributed by atoms with Crippen molar-refractivity contribution in [3.8, 4) is 0 Å². The summed E-state index contributed by atoms with van der Waals surface area (Å²) in [6.07, 6.45) is 5.63. The van der Waals surface area contributed by atoms with Crippen molar-refractivity contribution in [1.29, 1.82) is 0 Å². The van der Waals surface area contributed by atoms with Crippen LogP contribution in [0.4, 0.5) is 25.0 Å². The van der Waals surface area contributed by atoms with Crippen LogP contribution in [0.15, 0.2) is 54.7 Å². The molecule has 2 aromatic carbocycles. The number of piperidine rings is 1. The van der Waals surface area contributed by atoms with E-state index >= 15 is 0 Å². The number of rotatable bonds is 6. The molecule has 2 amide bonds. The van der Waals surface area contributed by atoms with Gasteiger partial charge in [-0.15, -0.1) is 0 Å². The van der Waals surface area contributed by atoms with E-state index in [4.69, 9.17) is 0 Å². The zero-order valence-corrected chi connectivity index (χ0v) is 18.4. The van der Waals surface area contributed by atoms with Crippen LogP contribution >= 0.6 is 0 Å². The molecule has 0 radical (unpaired) electrons. The van der Waals surface area contributed by atoms with Crippen LogP contribution in [-0.2, 0) is 0 Å². The first-order valence-electron chi connectivity index (χ1n) is 11.5. The second-order valence-corrected chi connectivity index (χ2v) is 8.96. The summed E-state index contributed by atoms with van der Waals surface area (Å²) < 4.78 is 28.0. The van der Waals surface area contributed by atoms with Crippen LogP contribution in [-0.4, -0.2) is 59.4 Å². The molecular formula is C25H27F2N4O2+. The predicted octanol–water partition coefficient (Wildman–Crippen LogP) is 4.78. The number of nitroso groups, excluding NO2 is 1. The second kappa shape index (κ2) is 9.02. The highest BCUT2D eigenvalue weighted by Gasteiger charge is 2.42. The van der Waals surface area contributed by atoms with Crippen molar-refractivity contribution in [2.75, 3.05) is 37.6 Å². The largest absolute Gasteiger partial charge is 0.536 e. The van der Waals surface area contributed by atoms with Crippen molar-refractivity contribution < 1.29 is 18.3 Å². The van der Waals surface area contributed by atoms with Gasteiger partial charge in [-0.1, -0.05) is 4.91 Å². The van der Waals surface area contributed by atoms with Gasteiger partial charge in [0.2, 0.25) is 0 Å². The first-order chi connectivity index (χ1) is 16.0. The van der Waals surface area contributed by atoms with Gasteiger partial charge in [0.1, 0.15) is 24.4 Å². The van der Waals surface area contributed by atoms with Gasteiger partial charge < -0.3 is 9.80 Å². The van der Waals surface area contributed by atoms with Crippen molar-refractivity contribution in [2.24, 2.45) is 0 Å². The number of urea groups is 1. The molecule has 0 aromatic heterocycles. The molecule has 0 bridgehead atoms. The Morgan fingerprint density at radius 1 is 1.00 bits per heavy atom. The molecular weight excluding hydrogens is 426 g/mol. The number of hydrogen-bond donors (Lipinski definition) is 0. The number of benzene rings is 2. The molecule has 6 nitrogen and oxygen atoms in total. The first kappa shape index (κ1) is 21.7. The standard InChI is InChI=1S/C25H27F2N4O2/c26-18-4-7-20(8-5-18)31-23-9-6-19(27)16-21(23)22-17-28(15-10-24(22)31)11-1-2-12-29-13-3-14-30(33)25(29)32/h3-9,14,16,22,24H,1-2,10-13,15,17H2/q+1/t22-,24+/m0/s1. The Bertz CT molecular complexity index is 1090. The highest BCUT2D eigenvalue weighted by molar-refractivity contribution is 5.73. The Labute approximate surface area is 191 Å². The third-order valence-corrected chi connectivity index (χ3v) is 6.92. The highest BCUT2D eigenvalue weighted by atomic mass is 19.1. The van der Waals surface area contributed by atoms with Crippen LogP contribution in [0.5, 0.6) is 0 Å². The van der Waals surface area contributed by atoms with Gasteiger partial charge in [0.15, 0.2) is 0 Å². The van der Waals surface area contributed by atoms with Crippen molar-refractivity contribution in [3.63, 3.8) is 0 Å². The molecule has 5 rings (SSSR count). The molecule has 2 atom stereocenters. The van der Waals surface area contributed by atoms with Crippen LogP contribution < -0.4 is 4.90 Å². The fraction of sp³-hybridized carbons (Fsp3) is 0.400. The maximum Gasteiger partial charge on any atom is 0.536 e. The Hall–Kier alpha value is -3.13. The zero-order valence-electron chi connectivity index (χ0n) is 18.4. The maximum atomic E-state index is 14.1. The Morgan fingerprint density at radius 3 is 2.58 bits per heavy atom. The Morgan fingerprint density at radius 2 is 1.76 bits per heavy atom. The van der Waals surface area contributed by atoms with Crippen LogP contribution in [0.2, 0.25) is 0 Å². The van der Waals surface area contributed by atoms with Crippen molar-refractivity contribution in [1.82, 2.24) is 9.80 Å². The zero-order chi connectivity index (χ0) is 22.9. The lowest BCUT2D eigenvalue weighted by Crippen LogP contribution is -2.45. The molecule has 0 unspecified atom stereocenters. The molecule has 3 heterocycles.